The first-order valence-electron chi connectivity index (χ1n) is 10.7. The molecule has 7 heteroatoms. The maximum atomic E-state index is 5.91. The number of benzene rings is 1. The molecule has 0 aliphatic carbocycles. The lowest BCUT2D eigenvalue weighted by Gasteiger charge is -2.32. The summed E-state index contributed by atoms with van der Waals surface area (Å²) < 4.78 is 5.91. The van der Waals surface area contributed by atoms with Crippen LogP contribution >= 0.6 is 24.0 Å². The van der Waals surface area contributed by atoms with Gasteiger partial charge in [0.25, 0.3) is 0 Å². The lowest BCUT2D eigenvalue weighted by atomic mass is 10.1. The van der Waals surface area contributed by atoms with Crippen LogP contribution in [0.2, 0.25) is 0 Å². The van der Waals surface area contributed by atoms with Crippen molar-refractivity contribution in [1.82, 2.24) is 20.4 Å². The fraction of sp³-hybridized carbons (Fsp3) is 0.682. The van der Waals surface area contributed by atoms with Gasteiger partial charge < -0.3 is 25.2 Å². The summed E-state index contributed by atoms with van der Waals surface area (Å²) in [4.78, 5) is 9.28. The number of hydrogen-bond donors (Lipinski definition) is 2. The van der Waals surface area contributed by atoms with Gasteiger partial charge in [0.05, 0.1) is 6.10 Å². The number of halogens is 1. The standard InChI is InChI=1S/C22H39N5O.HI/c1-20(21-10-5-4-6-11-21)28-19-9-13-25-22(23-2)24-12-7-8-14-27-17-15-26(3)16-18-27;/h4-6,10-11,20H,7-9,12-19H2,1-3H3,(H2,23,24,25);1H. The number of piperazine rings is 1. The number of aliphatic imine (C=N–C) groups is 1. The van der Waals surface area contributed by atoms with E-state index in [4.69, 9.17) is 4.74 Å². The van der Waals surface area contributed by atoms with E-state index >= 15 is 0 Å². The normalized spacial score (nSPS) is 16.9. The van der Waals surface area contributed by atoms with Gasteiger partial charge in [-0.2, -0.15) is 0 Å². The average Bonchev–Trinajstić information content (AvgIpc) is 2.73. The van der Waals surface area contributed by atoms with Crippen molar-refractivity contribution in [1.29, 1.82) is 0 Å². The highest BCUT2D eigenvalue weighted by atomic mass is 127. The van der Waals surface area contributed by atoms with Crippen LogP contribution in [0.5, 0.6) is 0 Å². The number of hydrogen-bond acceptors (Lipinski definition) is 4. The van der Waals surface area contributed by atoms with Crippen LogP contribution in [0.25, 0.3) is 0 Å². The van der Waals surface area contributed by atoms with Crippen LogP contribution in [0.3, 0.4) is 0 Å². The molecule has 1 aliphatic heterocycles. The molecular formula is C22H40IN5O. The summed E-state index contributed by atoms with van der Waals surface area (Å²) in [6, 6.07) is 10.4. The van der Waals surface area contributed by atoms with Crippen LogP contribution in [0.4, 0.5) is 0 Å². The molecule has 0 spiro atoms. The minimum atomic E-state index is 0. The number of guanidine groups is 1. The third-order valence-corrected chi connectivity index (χ3v) is 5.26. The van der Waals surface area contributed by atoms with E-state index in [2.05, 4.69) is 63.7 Å². The maximum Gasteiger partial charge on any atom is 0.190 e. The highest BCUT2D eigenvalue weighted by molar-refractivity contribution is 14.0. The summed E-state index contributed by atoms with van der Waals surface area (Å²) in [7, 11) is 4.03. The van der Waals surface area contributed by atoms with Crippen molar-refractivity contribution in [3.8, 4) is 0 Å². The first-order chi connectivity index (χ1) is 13.7. The Morgan fingerprint density at radius 1 is 1.03 bits per heavy atom. The Labute approximate surface area is 194 Å². The van der Waals surface area contributed by atoms with Crippen LogP contribution in [-0.4, -0.2) is 82.3 Å². The fourth-order valence-corrected chi connectivity index (χ4v) is 3.32. The molecule has 0 saturated carbocycles. The van der Waals surface area contributed by atoms with Gasteiger partial charge in [-0.25, -0.2) is 0 Å². The Kier molecular flexibility index (Phi) is 14.3. The smallest absolute Gasteiger partial charge is 0.190 e. The van der Waals surface area contributed by atoms with Crippen LogP contribution in [0.1, 0.15) is 37.9 Å². The zero-order valence-corrected chi connectivity index (χ0v) is 20.7. The molecule has 0 aromatic heterocycles. The Hall–Kier alpha value is -0.900. The summed E-state index contributed by atoms with van der Waals surface area (Å²) in [5.74, 6) is 0.885. The van der Waals surface area contributed by atoms with Gasteiger partial charge in [-0.15, -0.1) is 24.0 Å². The van der Waals surface area contributed by atoms with Crippen molar-refractivity contribution in [3.63, 3.8) is 0 Å². The number of unbranched alkanes of at least 4 members (excludes halogenated alkanes) is 1. The largest absolute Gasteiger partial charge is 0.374 e. The molecule has 1 heterocycles. The zero-order chi connectivity index (χ0) is 20.0. The Morgan fingerprint density at radius 3 is 2.34 bits per heavy atom. The fourth-order valence-electron chi connectivity index (χ4n) is 3.32. The monoisotopic (exact) mass is 517 g/mol. The molecule has 1 aromatic carbocycles. The number of rotatable bonds is 11. The zero-order valence-electron chi connectivity index (χ0n) is 18.4. The van der Waals surface area contributed by atoms with E-state index in [9.17, 15) is 0 Å². The average molecular weight is 518 g/mol. The van der Waals surface area contributed by atoms with Crippen molar-refractivity contribution in [2.24, 2.45) is 4.99 Å². The van der Waals surface area contributed by atoms with E-state index in [1.165, 1.54) is 51.1 Å². The number of nitrogens with zero attached hydrogens (tertiary/aromatic N) is 3. The minimum Gasteiger partial charge on any atom is -0.374 e. The van der Waals surface area contributed by atoms with E-state index in [-0.39, 0.29) is 30.1 Å². The Bertz CT molecular complexity index is 549. The maximum absolute atomic E-state index is 5.91. The van der Waals surface area contributed by atoms with Crippen molar-refractivity contribution in [2.75, 3.05) is 66.5 Å². The van der Waals surface area contributed by atoms with Crippen molar-refractivity contribution >= 4 is 29.9 Å². The molecule has 1 aromatic rings. The second-order valence-electron chi connectivity index (χ2n) is 7.56. The van der Waals surface area contributed by atoms with E-state index in [0.717, 1.165) is 32.1 Å². The summed E-state index contributed by atoms with van der Waals surface area (Å²) in [5, 5.41) is 6.78. The highest BCUT2D eigenvalue weighted by Gasteiger charge is 2.12. The molecule has 0 amide bonds. The van der Waals surface area contributed by atoms with Crippen molar-refractivity contribution in [2.45, 2.75) is 32.3 Å². The molecule has 2 N–H and O–H groups in total. The van der Waals surface area contributed by atoms with Gasteiger partial charge >= 0.3 is 0 Å². The summed E-state index contributed by atoms with van der Waals surface area (Å²) >= 11 is 0. The van der Waals surface area contributed by atoms with Gasteiger partial charge in [0.1, 0.15) is 0 Å². The minimum absolute atomic E-state index is 0. The molecule has 1 aliphatic rings. The van der Waals surface area contributed by atoms with Crippen molar-refractivity contribution in [3.05, 3.63) is 35.9 Å². The lowest BCUT2D eigenvalue weighted by molar-refractivity contribution is 0.0646. The second kappa shape index (κ2) is 15.9. The molecule has 0 radical (unpaired) electrons. The van der Waals surface area contributed by atoms with Crippen LogP contribution < -0.4 is 10.6 Å². The van der Waals surface area contributed by atoms with Crippen LogP contribution in [0.15, 0.2) is 35.3 Å². The van der Waals surface area contributed by atoms with E-state index in [1.807, 2.05) is 13.1 Å². The van der Waals surface area contributed by atoms with Gasteiger partial charge in [-0.05, 0) is 45.3 Å². The summed E-state index contributed by atoms with van der Waals surface area (Å²) in [5.41, 5.74) is 1.23. The van der Waals surface area contributed by atoms with Crippen molar-refractivity contribution < 1.29 is 4.74 Å². The first-order valence-corrected chi connectivity index (χ1v) is 10.7. The molecule has 1 saturated heterocycles. The predicted octanol–water partition coefficient (Wildman–Crippen LogP) is 2.96. The summed E-state index contributed by atoms with van der Waals surface area (Å²) in [6.07, 6.45) is 3.50. The van der Waals surface area contributed by atoms with E-state index in [1.54, 1.807) is 0 Å². The van der Waals surface area contributed by atoms with E-state index < -0.39 is 0 Å². The highest BCUT2D eigenvalue weighted by Crippen LogP contribution is 2.15. The number of likely N-dealkylation sites (N-methyl/N-ethyl adjacent to an activating group) is 1. The molecule has 1 unspecified atom stereocenters. The Morgan fingerprint density at radius 2 is 1.69 bits per heavy atom. The van der Waals surface area contributed by atoms with Crippen LogP contribution in [0, 0.1) is 0 Å². The molecule has 1 atom stereocenters. The number of ether oxygens (including phenoxy) is 1. The molecule has 2 rings (SSSR count). The first kappa shape index (κ1) is 26.1. The predicted molar refractivity (Wildman–Crippen MR) is 133 cm³/mol. The summed E-state index contributed by atoms with van der Waals surface area (Å²) in [6.45, 7) is 10.7. The van der Waals surface area contributed by atoms with Gasteiger partial charge in [0, 0.05) is 52.9 Å². The molecular weight excluding hydrogens is 477 g/mol. The van der Waals surface area contributed by atoms with Gasteiger partial charge in [-0.3, -0.25) is 4.99 Å². The molecule has 166 valence electrons. The SMILES string of the molecule is CN=C(NCCCCN1CCN(C)CC1)NCCCOC(C)c1ccccc1.I. The topological polar surface area (TPSA) is 52.1 Å². The quantitative estimate of drug-likeness (QED) is 0.205. The van der Waals surface area contributed by atoms with E-state index in [0.29, 0.717) is 0 Å². The van der Waals surface area contributed by atoms with Crippen LogP contribution in [-0.2, 0) is 4.74 Å². The Balaban J connectivity index is 0.00000420. The molecule has 0 bridgehead atoms. The third kappa shape index (κ3) is 11.2. The number of nitrogens with one attached hydrogen (secondary N) is 2. The third-order valence-electron chi connectivity index (χ3n) is 5.26. The molecule has 6 nitrogen and oxygen atoms in total. The lowest BCUT2D eigenvalue weighted by Crippen LogP contribution is -2.44. The van der Waals surface area contributed by atoms with Gasteiger partial charge in [0.2, 0.25) is 0 Å². The molecule has 29 heavy (non-hydrogen) atoms. The second-order valence-corrected chi connectivity index (χ2v) is 7.56. The van der Waals surface area contributed by atoms with Gasteiger partial charge in [-0.1, -0.05) is 30.3 Å². The molecule has 1 fully saturated rings. The van der Waals surface area contributed by atoms with Gasteiger partial charge in [0.15, 0.2) is 5.96 Å².